The maximum absolute atomic E-state index is 5.98. The van der Waals surface area contributed by atoms with Gasteiger partial charge in [-0.05, 0) is 37.5 Å². The van der Waals surface area contributed by atoms with E-state index in [9.17, 15) is 0 Å². The predicted octanol–water partition coefficient (Wildman–Crippen LogP) is 3.84. The van der Waals surface area contributed by atoms with E-state index in [1.807, 2.05) is 0 Å². The Morgan fingerprint density at radius 1 is 1.18 bits per heavy atom. The van der Waals surface area contributed by atoms with Gasteiger partial charge >= 0.3 is 0 Å². The average Bonchev–Trinajstić information content (AvgIpc) is 2.35. The van der Waals surface area contributed by atoms with Crippen molar-refractivity contribution in [3.8, 4) is 0 Å². The number of anilines is 2. The Kier molecular flexibility index (Phi) is 5.33. The van der Waals surface area contributed by atoms with Gasteiger partial charge in [0.25, 0.3) is 0 Å². The Morgan fingerprint density at radius 2 is 1.82 bits per heavy atom. The molecule has 0 aliphatic rings. The van der Waals surface area contributed by atoms with Gasteiger partial charge in [-0.15, -0.1) is 0 Å². The topological polar surface area (TPSA) is 29.3 Å². The predicted molar refractivity (Wildman–Crippen MR) is 77.6 cm³/mol. The van der Waals surface area contributed by atoms with E-state index < -0.39 is 0 Å². The molecule has 0 unspecified atom stereocenters. The Hall–Kier alpha value is -1.18. The van der Waals surface area contributed by atoms with Crippen LogP contribution in [0, 0.1) is 12.8 Å². The van der Waals surface area contributed by atoms with Crippen LogP contribution in [-0.4, -0.2) is 13.1 Å². The van der Waals surface area contributed by atoms with Gasteiger partial charge in [-0.1, -0.05) is 32.8 Å². The molecule has 2 nitrogen and oxygen atoms in total. The molecule has 1 aromatic rings. The normalized spacial score (nSPS) is 10.9. The molecule has 0 bridgehead atoms. The van der Waals surface area contributed by atoms with Gasteiger partial charge in [0.1, 0.15) is 0 Å². The Morgan fingerprint density at radius 3 is 2.29 bits per heavy atom. The first-order chi connectivity index (χ1) is 8.12. The molecule has 0 radical (unpaired) electrons. The molecule has 96 valence electrons. The third-order valence-corrected chi connectivity index (χ3v) is 3.64. The van der Waals surface area contributed by atoms with Gasteiger partial charge < -0.3 is 10.6 Å². The lowest BCUT2D eigenvalue weighted by Crippen LogP contribution is -2.29. The molecule has 1 rings (SSSR count). The Balaban J connectivity index is 2.82. The van der Waals surface area contributed by atoms with Gasteiger partial charge in [0.15, 0.2) is 0 Å². The lowest BCUT2D eigenvalue weighted by molar-refractivity contribution is 0.486. The maximum Gasteiger partial charge on any atom is 0.0387 e. The summed E-state index contributed by atoms with van der Waals surface area (Å²) in [5, 5.41) is 0. The van der Waals surface area contributed by atoms with Crippen molar-refractivity contribution in [2.24, 2.45) is 5.92 Å². The number of rotatable bonds is 6. The van der Waals surface area contributed by atoms with Gasteiger partial charge in [0, 0.05) is 24.5 Å². The van der Waals surface area contributed by atoms with Crippen LogP contribution in [0.15, 0.2) is 18.2 Å². The first-order valence-corrected chi connectivity index (χ1v) is 6.73. The van der Waals surface area contributed by atoms with Crippen molar-refractivity contribution >= 4 is 11.4 Å². The molecule has 2 N–H and O–H groups in total. The second kappa shape index (κ2) is 6.53. The fraction of sp³-hybridized carbons (Fsp3) is 0.600. The van der Waals surface area contributed by atoms with E-state index in [0.29, 0.717) is 0 Å². The molecule has 1 aromatic carbocycles. The number of nitrogens with two attached hydrogens (primary N) is 1. The second-order valence-electron chi connectivity index (χ2n) is 4.76. The van der Waals surface area contributed by atoms with Crippen LogP contribution >= 0.6 is 0 Å². The van der Waals surface area contributed by atoms with E-state index in [1.54, 1.807) is 0 Å². The number of aryl methyl sites for hydroxylation is 1. The zero-order chi connectivity index (χ0) is 12.8. The lowest BCUT2D eigenvalue weighted by Gasteiger charge is -2.28. The molecule has 0 heterocycles. The first kappa shape index (κ1) is 13.9. The summed E-state index contributed by atoms with van der Waals surface area (Å²) in [5.41, 5.74) is 9.29. The molecule has 0 atom stereocenters. The third kappa shape index (κ3) is 3.65. The zero-order valence-electron chi connectivity index (χ0n) is 11.7. The van der Waals surface area contributed by atoms with Crippen LogP contribution < -0.4 is 10.6 Å². The summed E-state index contributed by atoms with van der Waals surface area (Å²) in [6.07, 6.45) is 2.49. The SMILES string of the molecule is CCC(CC)CN(CC)c1ccc(C)c(N)c1. The minimum atomic E-state index is 0.775. The summed E-state index contributed by atoms with van der Waals surface area (Å²) in [7, 11) is 0. The van der Waals surface area contributed by atoms with Crippen LogP contribution in [-0.2, 0) is 0 Å². The number of hydrogen-bond acceptors (Lipinski definition) is 2. The molecule has 0 spiro atoms. The van der Waals surface area contributed by atoms with E-state index in [1.165, 1.54) is 18.5 Å². The zero-order valence-corrected chi connectivity index (χ0v) is 11.7. The fourth-order valence-corrected chi connectivity index (χ4v) is 2.10. The smallest absolute Gasteiger partial charge is 0.0387 e. The summed E-state index contributed by atoms with van der Waals surface area (Å²) in [6, 6.07) is 6.39. The highest BCUT2D eigenvalue weighted by molar-refractivity contribution is 5.59. The van der Waals surface area contributed by atoms with Crippen molar-refractivity contribution in [2.75, 3.05) is 23.7 Å². The van der Waals surface area contributed by atoms with E-state index in [4.69, 9.17) is 5.73 Å². The molecule has 0 saturated carbocycles. The molecule has 17 heavy (non-hydrogen) atoms. The van der Waals surface area contributed by atoms with E-state index in [-0.39, 0.29) is 0 Å². The van der Waals surface area contributed by atoms with Gasteiger partial charge in [-0.3, -0.25) is 0 Å². The number of nitrogens with zero attached hydrogens (tertiary/aromatic N) is 1. The van der Waals surface area contributed by atoms with Crippen LogP contribution in [0.4, 0.5) is 11.4 Å². The van der Waals surface area contributed by atoms with Crippen LogP contribution in [0.25, 0.3) is 0 Å². The fourth-order valence-electron chi connectivity index (χ4n) is 2.10. The summed E-state index contributed by atoms with van der Waals surface area (Å²) < 4.78 is 0. The summed E-state index contributed by atoms with van der Waals surface area (Å²) >= 11 is 0. The number of nitrogen functional groups attached to an aromatic ring is 1. The molecular formula is C15H26N2. The van der Waals surface area contributed by atoms with Crippen molar-refractivity contribution in [1.82, 2.24) is 0 Å². The minimum absolute atomic E-state index is 0.775. The van der Waals surface area contributed by atoms with E-state index >= 15 is 0 Å². The second-order valence-corrected chi connectivity index (χ2v) is 4.76. The maximum atomic E-state index is 5.98. The van der Waals surface area contributed by atoms with Crippen molar-refractivity contribution < 1.29 is 0 Å². The first-order valence-electron chi connectivity index (χ1n) is 6.73. The van der Waals surface area contributed by atoms with Crippen molar-refractivity contribution in [2.45, 2.75) is 40.5 Å². The van der Waals surface area contributed by atoms with E-state index in [2.05, 4.69) is 50.8 Å². The number of benzene rings is 1. The Labute approximate surface area is 106 Å². The molecule has 2 heteroatoms. The third-order valence-electron chi connectivity index (χ3n) is 3.64. The van der Waals surface area contributed by atoms with Crippen LogP contribution in [0.3, 0.4) is 0 Å². The monoisotopic (exact) mass is 234 g/mol. The lowest BCUT2D eigenvalue weighted by atomic mass is 10.0. The molecule has 0 aliphatic heterocycles. The summed E-state index contributed by atoms with van der Waals surface area (Å²) in [6.45, 7) is 11.0. The highest BCUT2D eigenvalue weighted by Crippen LogP contribution is 2.22. The standard InChI is InChI=1S/C15H26N2/c1-5-13(6-2)11-17(7-3)14-9-8-12(4)15(16)10-14/h8-10,13H,5-7,11,16H2,1-4H3. The van der Waals surface area contributed by atoms with Crippen LogP contribution in [0.1, 0.15) is 39.2 Å². The molecular weight excluding hydrogens is 208 g/mol. The molecule has 0 aromatic heterocycles. The molecule has 0 saturated heterocycles. The molecule has 0 fully saturated rings. The van der Waals surface area contributed by atoms with Crippen LogP contribution in [0.5, 0.6) is 0 Å². The largest absolute Gasteiger partial charge is 0.398 e. The van der Waals surface area contributed by atoms with Crippen molar-refractivity contribution in [1.29, 1.82) is 0 Å². The summed E-state index contributed by atoms with van der Waals surface area (Å²) in [4.78, 5) is 2.42. The van der Waals surface area contributed by atoms with E-state index in [0.717, 1.165) is 30.3 Å². The average molecular weight is 234 g/mol. The van der Waals surface area contributed by atoms with Gasteiger partial charge in [-0.25, -0.2) is 0 Å². The van der Waals surface area contributed by atoms with Crippen molar-refractivity contribution in [3.63, 3.8) is 0 Å². The molecule has 0 amide bonds. The van der Waals surface area contributed by atoms with Crippen LogP contribution in [0.2, 0.25) is 0 Å². The molecule has 0 aliphatic carbocycles. The Bertz CT molecular complexity index is 343. The van der Waals surface area contributed by atoms with Gasteiger partial charge in [-0.2, -0.15) is 0 Å². The quantitative estimate of drug-likeness (QED) is 0.758. The summed E-state index contributed by atoms with van der Waals surface area (Å²) in [5.74, 6) is 0.775. The van der Waals surface area contributed by atoms with Gasteiger partial charge in [0.2, 0.25) is 0 Å². The van der Waals surface area contributed by atoms with Gasteiger partial charge in [0.05, 0.1) is 0 Å². The van der Waals surface area contributed by atoms with Crippen molar-refractivity contribution in [3.05, 3.63) is 23.8 Å². The highest BCUT2D eigenvalue weighted by Gasteiger charge is 2.11. The highest BCUT2D eigenvalue weighted by atomic mass is 15.1. The number of hydrogen-bond donors (Lipinski definition) is 1. The minimum Gasteiger partial charge on any atom is -0.398 e.